The van der Waals surface area contributed by atoms with Crippen LogP contribution in [0.1, 0.15) is 63.2 Å². The SMILES string of the molecule is CC(C)(C)n1cc(C(=O)NN2C(=O)NC3(CCCCC3)C2=O)cn1. The molecule has 24 heavy (non-hydrogen) atoms. The monoisotopic (exact) mass is 333 g/mol. The van der Waals surface area contributed by atoms with Gasteiger partial charge in [0.05, 0.1) is 17.3 Å². The number of nitrogens with zero attached hydrogens (tertiary/aromatic N) is 3. The Morgan fingerprint density at radius 1 is 1.25 bits per heavy atom. The molecule has 2 fully saturated rings. The van der Waals surface area contributed by atoms with Crippen LogP contribution in [0.5, 0.6) is 0 Å². The van der Waals surface area contributed by atoms with E-state index in [2.05, 4.69) is 15.8 Å². The number of carbonyl (C=O) groups excluding carboxylic acids is 3. The third kappa shape index (κ3) is 2.76. The highest BCUT2D eigenvalue weighted by molar-refractivity contribution is 6.09. The van der Waals surface area contributed by atoms with E-state index in [1.807, 2.05) is 20.8 Å². The van der Waals surface area contributed by atoms with Crippen molar-refractivity contribution in [3.8, 4) is 0 Å². The predicted octanol–water partition coefficient (Wildman–Crippen LogP) is 1.54. The molecule has 1 aromatic heterocycles. The maximum Gasteiger partial charge on any atom is 0.344 e. The summed E-state index contributed by atoms with van der Waals surface area (Å²) in [4.78, 5) is 37.1. The van der Waals surface area contributed by atoms with E-state index in [0.29, 0.717) is 18.4 Å². The first-order valence-electron chi connectivity index (χ1n) is 8.26. The molecule has 0 unspecified atom stereocenters. The van der Waals surface area contributed by atoms with Gasteiger partial charge in [0.1, 0.15) is 5.54 Å². The average molecular weight is 333 g/mol. The molecular formula is C16H23N5O3. The Hall–Kier alpha value is -2.38. The molecule has 8 nitrogen and oxygen atoms in total. The number of urea groups is 1. The zero-order valence-corrected chi connectivity index (χ0v) is 14.3. The van der Waals surface area contributed by atoms with Gasteiger partial charge in [0, 0.05) is 6.20 Å². The molecule has 0 atom stereocenters. The van der Waals surface area contributed by atoms with E-state index in [0.717, 1.165) is 24.3 Å². The zero-order chi connectivity index (χ0) is 17.5. The lowest BCUT2D eigenvalue weighted by Gasteiger charge is -2.30. The second-order valence-corrected chi connectivity index (χ2v) is 7.50. The lowest BCUT2D eigenvalue weighted by molar-refractivity contribution is -0.134. The summed E-state index contributed by atoms with van der Waals surface area (Å²) in [5, 5.41) is 7.72. The molecule has 1 saturated carbocycles. The number of nitrogens with one attached hydrogen (secondary N) is 2. The fraction of sp³-hybridized carbons (Fsp3) is 0.625. The van der Waals surface area contributed by atoms with Crippen LogP contribution in [-0.2, 0) is 10.3 Å². The smallest absolute Gasteiger partial charge is 0.322 e. The third-order valence-electron chi connectivity index (χ3n) is 4.61. The van der Waals surface area contributed by atoms with Crippen LogP contribution < -0.4 is 10.7 Å². The maximum absolute atomic E-state index is 12.6. The quantitative estimate of drug-likeness (QED) is 0.802. The number of hydrazine groups is 1. The van der Waals surface area contributed by atoms with Gasteiger partial charge in [-0.25, -0.2) is 4.79 Å². The van der Waals surface area contributed by atoms with E-state index in [1.54, 1.807) is 10.9 Å². The Bertz CT molecular complexity index is 682. The van der Waals surface area contributed by atoms with Crippen molar-refractivity contribution in [2.45, 2.75) is 64.0 Å². The molecule has 0 aromatic carbocycles. The van der Waals surface area contributed by atoms with Gasteiger partial charge in [0.15, 0.2) is 0 Å². The lowest BCUT2D eigenvalue weighted by atomic mass is 9.82. The minimum atomic E-state index is -0.849. The Labute approximate surface area is 140 Å². The van der Waals surface area contributed by atoms with Crippen molar-refractivity contribution in [1.82, 2.24) is 25.5 Å². The van der Waals surface area contributed by atoms with Crippen molar-refractivity contribution >= 4 is 17.8 Å². The van der Waals surface area contributed by atoms with Gasteiger partial charge >= 0.3 is 6.03 Å². The first-order chi connectivity index (χ1) is 11.2. The van der Waals surface area contributed by atoms with E-state index in [9.17, 15) is 14.4 Å². The molecule has 1 aliphatic heterocycles. The number of hydrogen-bond acceptors (Lipinski definition) is 4. The van der Waals surface area contributed by atoms with Crippen LogP contribution >= 0.6 is 0 Å². The second kappa shape index (κ2) is 5.61. The number of amides is 4. The first-order valence-corrected chi connectivity index (χ1v) is 8.26. The van der Waals surface area contributed by atoms with Crippen molar-refractivity contribution in [2.75, 3.05) is 0 Å². The number of imide groups is 1. The van der Waals surface area contributed by atoms with Crippen LogP contribution in [0.4, 0.5) is 4.79 Å². The molecule has 3 rings (SSSR count). The summed E-state index contributed by atoms with van der Waals surface area (Å²) in [5.41, 5.74) is 1.60. The summed E-state index contributed by atoms with van der Waals surface area (Å²) in [6, 6.07) is -0.571. The van der Waals surface area contributed by atoms with Crippen LogP contribution in [-0.4, -0.2) is 38.2 Å². The summed E-state index contributed by atoms with van der Waals surface area (Å²) in [5.74, 6) is -0.898. The van der Waals surface area contributed by atoms with Crippen molar-refractivity contribution < 1.29 is 14.4 Å². The van der Waals surface area contributed by atoms with Gasteiger partial charge in [-0.1, -0.05) is 19.3 Å². The summed E-state index contributed by atoms with van der Waals surface area (Å²) < 4.78 is 1.66. The van der Waals surface area contributed by atoms with Crippen molar-refractivity contribution in [3.63, 3.8) is 0 Å². The maximum atomic E-state index is 12.6. The summed E-state index contributed by atoms with van der Waals surface area (Å²) in [6.45, 7) is 5.89. The molecular weight excluding hydrogens is 310 g/mol. The minimum absolute atomic E-state index is 0.258. The fourth-order valence-corrected chi connectivity index (χ4v) is 3.19. The molecule has 4 amide bonds. The molecule has 130 valence electrons. The van der Waals surface area contributed by atoms with Crippen LogP contribution in [0.2, 0.25) is 0 Å². The molecule has 1 saturated heterocycles. The zero-order valence-electron chi connectivity index (χ0n) is 14.3. The van der Waals surface area contributed by atoms with E-state index < -0.39 is 17.5 Å². The summed E-state index contributed by atoms with van der Waals surface area (Å²) >= 11 is 0. The largest absolute Gasteiger partial charge is 0.344 e. The molecule has 1 aliphatic carbocycles. The van der Waals surface area contributed by atoms with Crippen LogP contribution in [0.3, 0.4) is 0 Å². The van der Waals surface area contributed by atoms with Gasteiger partial charge < -0.3 is 5.32 Å². The molecule has 8 heteroatoms. The van der Waals surface area contributed by atoms with Crippen molar-refractivity contribution in [2.24, 2.45) is 0 Å². The minimum Gasteiger partial charge on any atom is -0.322 e. The van der Waals surface area contributed by atoms with Gasteiger partial charge in [-0.15, -0.1) is 0 Å². The van der Waals surface area contributed by atoms with E-state index >= 15 is 0 Å². The second-order valence-electron chi connectivity index (χ2n) is 7.50. The van der Waals surface area contributed by atoms with Crippen LogP contribution in [0.15, 0.2) is 12.4 Å². The summed E-state index contributed by atoms with van der Waals surface area (Å²) in [7, 11) is 0. The predicted molar refractivity (Wildman–Crippen MR) is 85.9 cm³/mol. The highest BCUT2D eigenvalue weighted by atomic mass is 16.2. The molecule has 2 N–H and O–H groups in total. The Morgan fingerprint density at radius 2 is 1.92 bits per heavy atom. The summed E-state index contributed by atoms with van der Waals surface area (Å²) in [6.07, 6.45) is 7.11. The third-order valence-corrected chi connectivity index (χ3v) is 4.61. The Morgan fingerprint density at radius 3 is 2.50 bits per heavy atom. The van der Waals surface area contributed by atoms with Gasteiger partial charge in [-0.2, -0.15) is 10.1 Å². The molecule has 1 aromatic rings. The van der Waals surface area contributed by atoms with E-state index in [-0.39, 0.29) is 11.4 Å². The lowest BCUT2D eigenvalue weighted by Crippen LogP contribution is -2.50. The average Bonchev–Trinajstić information content (AvgIpc) is 3.09. The van der Waals surface area contributed by atoms with Crippen LogP contribution in [0.25, 0.3) is 0 Å². The number of rotatable bonds is 2. The van der Waals surface area contributed by atoms with Crippen molar-refractivity contribution in [3.05, 3.63) is 18.0 Å². The van der Waals surface area contributed by atoms with E-state index in [1.165, 1.54) is 6.20 Å². The highest BCUT2D eigenvalue weighted by Gasteiger charge is 2.52. The topological polar surface area (TPSA) is 96.3 Å². The molecule has 0 radical (unpaired) electrons. The van der Waals surface area contributed by atoms with E-state index in [4.69, 9.17) is 0 Å². The van der Waals surface area contributed by atoms with Gasteiger partial charge in [0.25, 0.3) is 11.8 Å². The fourth-order valence-electron chi connectivity index (χ4n) is 3.19. The Kier molecular flexibility index (Phi) is 3.85. The number of aromatic nitrogens is 2. The molecule has 1 spiro atoms. The van der Waals surface area contributed by atoms with Gasteiger partial charge in [0.2, 0.25) is 0 Å². The molecule has 2 heterocycles. The standard InChI is InChI=1S/C16H23N5O3/c1-15(2,3)20-10-11(9-17-20)12(22)19-21-13(23)16(18-14(21)24)7-5-4-6-8-16/h9-10H,4-8H2,1-3H3,(H,18,24)(H,19,22). The normalized spacial score (nSPS) is 20.4. The number of carbonyl (C=O) groups is 3. The Balaban J connectivity index is 1.73. The van der Waals surface area contributed by atoms with Gasteiger partial charge in [-0.05, 0) is 33.6 Å². The number of hydrogen-bond donors (Lipinski definition) is 2. The van der Waals surface area contributed by atoms with Crippen LogP contribution in [0, 0.1) is 0 Å². The molecule has 2 aliphatic rings. The molecule has 0 bridgehead atoms. The van der Waals surface area contributed by atoms with Crippen molar-refractivity contribution in [1.29, 1.82) is 0 Å². The van der Waals surface area contributed by atoms with Gasteiger partial charge in [-0.3, -0.25) is 19.7 Å². The first kappa shape index (κ1) is 16.5. The highest BCUT2D eigenvalue weighted by Crippen LogP contribution is 2.33.